The van der Waals surface area contributed by atoms with Crippen molar-refractivity contribution in [3.8, 4) is 6.01 Å². The molecule has 8 nitrogen and oxygen atoms in total. The molecule has 2 aromatic heterocycles. The predicted octanol–water partition coefficient (Wildman–Crippen LogP) is 4.18. The van der Waals surface area contributed by atoms with Crippen LogP contribution in [0.15, 0.2) is 54.7 Å². The van der Waals surface area contributed by atoms with Gasteiger partial charge in [-0.15, -0.1) is 0 Å². The van der Waals surface area contributed by atoms with Crippen molar-refractivity contribution in [3.05, 3.63) is 71.7 Å². The van der Waals surface area contributed by atoms with Gasteiger partial charge in [-0.2, -0.15) is 9.97 Å². The van der Waals surface area contributed by atoms with Gasteiger partial charge < -0.3 is 9.64 Å². The van der Waals surface area contributed by atoms with Crippen molar-refractivity contribution in [2.24, 2.45) is 0 Å². The van der Waals surface area contributed by atoms with Crippen molar-refractivity contribution in [1.29, 1.82) is 0 Å². The normalized spacial score (nSPS) is 10.5. The van der Waals surface area contributed by atoms with Crippen molar-refractivity contribution in [2.45, 2.75) is 40.0 Å². The number of anilines is 2. The highest BCUT2D eigenvalue weighted by atomic mass is 16.5. The molecule has 0 spiro atoms. The van der Waals surface area contributed by atoms with E-state index in [0.717, 1.165) is 42.9 Å². The van der Waals surface area contributed by atoms with Crippen LogP contribution >= 0.6 is 0 Å². The van der Waals surface area contributed by atoms with Gasteiger partial charge in [0, 0.05) is 37.5 Å². The summed E-state index contributed by atoms with van der Waals surface area (Å²) in [5.41, 5.74) is 8.72. The first-order valence-electron chi connectivity index (χ1n) is 11.4. The van der Waals surface area contributed by atoms with E-state index in [2.05, 4.69) is 44.6 Å². The Hall–Kier alpha value is -3.68. The maximum atomic E-state index is 12.9. The van der Waals surface area contributed by atoms with Crippen molar-refractivity contribution in [3.63, 3.8) is 0 Å². The summed E-state index contributed by atoms with van der Waals surface area (Å²) in [5, 5.41) is 0. The number of ether oxygens (including phenoxy) is 1. The third-order valence-electron chi connectivity index (χ3n) is 4.89. The van der Waals surface area contributed by atoms with Crippen LogP contribution in [0.4, 0.5) is 11.5 Å². The SMILES string of the molecule is CCCN(CCC)c1cc(C(=O)NNc2cccc(C)c2)nc(OCCc2ccccn2)n1. The number of hydrogen-bond donors (Lipinski definition) is 2. The number of rotatable bonds is 12. The second-order valence-corrected chi connectivity index (χ2v) is 7.75. The van der Waals surface area contributed by atoms with Crippen LogP contribution in [-0.4, -0.2) is 40.6 Å². The van der Waals surface area contributed by atoms with E-state index in [4.69, 9.17) is 4.74 Å². The lowest BCUT2D eigenvalue weighted by molar-refractivity contribution is 0.0956. The molecule has 0 fully saturated rings. The average Bonchev–Trinajstić information content (AvgIpc) is 2.83. The van der Waals surface area contributed by atoms with E-state index in [1.807, 2.05) is 49.4 Å². The summed E-state index contributed by atoms with van der Waals surface area (Å²) in [5.74, 6) is 0.324. The highest BCUT2D eigenvalue weighted by molar-refractivity contribution is 5.93. The number of benzene rings is 1. The topological polar surface area (TPSA) is 92.3 Å². The van der Waals surface area contributed by atoms with E-state index in [0.29, 0.717) is 18.8 Å². The van der Waals surface area contributed by atoms with Crippen molar-refractivity contribution >= 4 is 17.4 Å². The quantitative estimate of drug-likeness (QED) is 0.402. The lowest BCUT2D eigenvalue weighted by Gasteiger charge is -2.23. The highest BCUT2D eigenvalue weighted by Gasteiger charge is 2.16. The van der Waals surface area contributed by atoms with E-state index < -0.39 is 0 Å². The minimum atomic E-state index is -0.359. The maximum Gasteiger partial charge on any atom is 0.319 e. The third-order valence-corrected chi connectivity index (χ3v) is 4.89. The number of nitrogens with one attached hydrogen (secondary N) is 2. The van der Waals surface area contributed by atoms with Gasteiger partial charge in [0.1, 0.15) is 11.5 Å². The Balaban J connectivity index is 1.76. The average molecular weight is 449 g/mol. The molecule has 1 amide bonds. The molecule has 0 aliphatic carbocycles. The number of carbonyl (C=O) groups is 1. The smallest absolute Gasteiger partial charge is 0.319 e. The number of pyridine rings is 1. The van der Waals surface area contributed by atoms with Gasteiger partial charge in [-0.1, -0.05) is 32.0 Å². The van der Waals surface area contributed by atoms with Crippen LogP contribution in [0, 0.1) is 6.92 Å². The van der Waals surface area contributed by atoms with Crippen LogP contribution in [-0.2, 0) is 6.42 Å². The summed E-state index contributed by atoms with van der Waals surface area (Å²) >= 11 is 0. The van der Waals surface area contributed by atoms with Gasteiger partial charge in [0.15, 0.2) is 0 Å². The van der Waals surface area contributed by atoms with Gasteiger partial charge in [-0.25, -0.2) is 0 Å². The Morgan fingerprint density at radius 3 is 2.55 bits per heavy atom. The zero-order chi connectivity index (χ0) is 23.5. The molecule has 1 aromatic carbocycles. The molecule has 0 saturated carbocycles. The molecule has 174 valence electrons. The van der Waals surface area contributed by atoms with Crippen LogP contribution in [0.2, 0.25) is 0 Å². The summed E-state index contributed by atoms with van der Waals surface area (Å²) in [7, 11) is 0. The Morgan fingerprint density at radius 2 is 1.85 bits per heavy atom. The standard InChI is InChI=1S/C25H32N6O2/c1-4-14-31(15-5-2)23-18-22(24(32)30-29-21-11-8-9-19(3)17-21)27-25(28-23)33-16-12-20-10-6-7-13-26-20/h6-11,13,17-18,29H,4-5,12,14-16H2,1-3H3,(H,30,32). The number of hydrazine groups is 1. The van der Waals surface area contributed by atoms with Gasteiger partial charge in [0.25, 0.3) is 5.91 Å². The second-order valence-electron chi connectivity index (χ2n) is 7.75. The molecule has 0 atom stereocenters. The number of amides is 1. The van der Waals surface area contributed by atoms with Crippen LogP contribution in [0.25, 0.3) is 0 Å². The van der Waals surface area contributed by atoms with Crippen molar-refractivity contribution < 1.29 is 9.53 Å². The lowest BCUT2D eigenvalue weighted by atomic mass is 10.2. The zero-order valence-electron chi connectivity index (χ0n) is 19.5. The van der Waals surface area contributed by atoms with Crippen LogP contribution in [0.1, 0.15) is 48.4 Å². The fraction of sp³-hybridized carbons (Fsp3) is 0.360. The minimum absolute atomic E-state index is 0.182. The van der Waals surface area contributed by atoms with E-state index >= 15 is 0 Å². The fourth-order valence-corrected chi connectivity index (χ4v) is 3.35. The molecule has 3 aromatic rings. The van der Waals surface area contributed by atoms with E-state index in [-0.39, 0.29) is 17.6 Å². The Labute approximate surface area is 195 Å². The number of hydrogen-bond acceptors (Lipinski definition) is 7. The minimum Gasteiger partial charge on any atom is -0.463 e. The molecule has 0 radical (unpaired) electrons. The van der Waals surface area contributed by atoms with Crippen LogP contribution in [0.5, 0.6) is 6.01 Å². The zero-order valence-corrected chi connectivity index (χ0v) is 19.5. The fourth-order valence-electron chi connectivity index (χ4n) is 3.35. The Morgan fingerprint density at radius 1 is 1.03 bits per heavy atom. The summed E-state index contributed by atoms with van der Waals surface area (Å²) in [6, 6.07) is 15.4. The Kier molecular flexibility index (Phi) is 8.99. The van der Waals surface area contributed by atoms with Gasteiger partial charge >= 0.3 is 6.01 Å². The summed E-state index contributed by atoms with van der Waals surface area (Å²) < 4.78 is 5.84. The molecule has 33 heavy (non-hydrogen) atoms. The second kappa shape index (κ2) is 12.4. The van der Waals surface area contributed by atoms with Gasteiger partial charge in [0.2, 0.25) is 0 Å². The molecule has 0 aliphatic rings. The lowest BCUT2D eigenvalue weighted by Crippen LogP contribution is -2.31. The Bertz CT molecular complexity index is 1020. The summed E-state index contributed by atoms with van der Waals surface area (Å²) in [6.45, 7) is 8.27. The number of aryl methyl sites for hydroxylation is 1. The van der Waals surface area contributed by atoms with Crippen LogP contribution < -0.4 is 20.5 Å². The first-order chi connectivity index (χ1) is 16.1. The molecule has 0 saturated heterocycles. The molecule has 0 unspecified atom stereocenters. The van der Waals surface area contributed by atoms with Gasteiger partial charge in [-0.05, 0) is 49.6 Å². The van der Waals surface area contributed by atoms with Gasteiger partial charge in [0.05, 0.1) is 12.3 Å². The van der Waals surface area contributed by atoms with E-state index in [9.17, 15) is 4.79 Å². The largest absolute Gasteiger partial charge is 0.463 e. The predicted molar refractivity (Wildman–Crippen MR) is 131 cm³/mol. The first-order valence-corrected chi connectivity index (χ1v) is 11.4. The van der Waals surface area contributed by atoms with Crippen molar-refractivity contribution in [2.75, 3.05) is 30.0 Å². The number of nitrogens with zero attached hydrogens (tertiary/aromatic N) is 4. The summed E-state index contributed by atoms with van der Waals surface area (Å²) in [4.78, 5) is 28.3. The maximum absolute atomic E-state index is 12.9. The third kappa shape index (κ3) is 7.45. The first kappa shape index (κ1) is 24.0. The monoisotopic (exact) mass is 448 g/mol. The highest BCUT2D eigenvalue weighted by Crippen LogP contribution is 2.18. The van der Waals surface area contributed by atoms with E-state index in [1.54, 1.807) is 12.3 Å². The molecular formula is C25H32N6O2. The van der Waals surface area contributed by atoms with Crippen LogP contribution in [0.3, 0.4) is 0 Å². The molecule has 3 rings (SSSR count). The molecule has 2 N–H and O–H groups in total. The molecule has 0 bridgehead atoms. The molecular weight excluding hydrogens is 416 g/mol. The summed E-state index contributed by atoms with van der Waals surface area (Å²) in [6.07, 6.45) is 4.31. The van der Waals surface area contributed by atoms with E-state index in [1.165, 1.54) is 0 Å². The molecule has 8 heteroatoms. The molecule has 0 aliphatic heterocycles. The number of carbonyl (C=O) groups excluding carboxylic acids is 1. The van der Waals surface area contributed by atoms with Gasteiger partial charge in [-0.3, -0.25) is 20.6 Å². The molecule has 2 heterocycles. The number of aromatic nitrogens is 3. The van der Waals surface area contributed by atoms with Crippen molar-refractivity contribution in [1.82, 2.24) is 20.4 Å².